The highest BCUT2D eigenvalue weighted by Crippen LogP contribution is 2.27. The number of benzene rings is 1. The lowest BCUT2D eigenvalue weighted by molar-refractivity contribution is -0.147. The summed E-state index contributed by atoms with van der Waals surface area (Å²) >= 11 is 5.91. The fourth-order valence-electron chi connectivity index (χ4n) is 4.17. The summed E-state index contributed by atoms with van der Waals surface area (Å²) in [5, 5.41) is 6.31. The van der Waals surface area contributed by atoms with Crippen molar-refractivity contribution in [2.75, 3.05) is 13.1 Å². The quantitative estimate of drug-likeness (QED) is 0.504. The minimum Gasteiger partial charge on any atom is -0.438 e. The highest BCUT2D eigenvalue weighted by atomic mass is 35.5. The molecule has 0 radical (unpaired) electrons. The van der Waals surface area contributed by atoms with Gasteiger partial charge in [-0.15, -0.1) is 0 Å². The molecule has 0 unspecified atom stereocenters. The van der Waals surface area contributed by atoms with E-state index in [-0.39, 0.29) is 41.8 Å². The van der Waals surface area contributed by atoms with Gasteiger partial charge in [0.25, 0.3) is 5.91 Å². The number of rotatable bonds is 8. The van der Waals surface area contributed by atoms with Crippen LogP contribution in [-0.4, -0.2) is 58.8 Å². The monoisotopic (exact) mass is 471 g/mol. The van der Waals surface area contributed by atoms with Crippen LogP contribution in [0.1, 0.15) is 36.0 Å². The molecule has 0 spiro atoms. The molecule has 4 rings (SSSR count). The Labute approximate surface area is 196 Å². The number of carbonyl (C=O) groups excluding carboxylic acids is 3. The van der Waals surface area contributed by atoms with Gasteiger partial charge in [-0.3, -0.25) is 14.4 Å². The maximum Gasteiger partial charge on any atom is 0.257 e. The van der Waals surface area contributed by atoms with Crippen LogP contribution in [0.2, 0.25) is 5.02 Å². The predicted octanol–water partition coefficient (Wildman–Crippen LogP) is 1.85. The lowest BCUT2D eigenvalue weighted by atomic mass is 10.0. The summed E-state index contributed by atoms with van der Waals surface area (Å²) < 4.78 is 5.77. The Morgan fingerprint density at radius 1 is 1.24 bits per heavy atom. The standard InChI is InChI=1S/C23H26ClN5O4/c24-14-6-8-16(9-7-14)33-22-17(4-3-11-26-22)20(30)27-15-12-19-21(31)28-18(5-1-2-10-25)23(32)29(19)13-15/h3-4,6-9,11,15,18-19H,1-2,5,10,12-13,25H2,(H,27,30)(H,28,31)/t15-,18-,19-/m0/s1. The summed E-state index contributed by atoms with van der Waals surface area (Å²) in [5.41, 5.74) is 5.78. The average Bonchev–Trinajstić information content (AvgIpc) is 3.24. The SMILES string of the molecule is NCCCC[C@@H]1NC(=O)[C@@H]2C[C@H](NC(=O)c3cccnc3Oc3ccc(Cl)cc3)CN2C1=O. The van der Waals surface area contributed by atoms with Gasteiger partial charge in [0.05, 0.1) is 0 Å². The van der Waals surface area contributed by atoms with Gasteiger partial charge in [-0.05, 0) is 68.6 Å². The maximum absolute atomic E-state index is 13.0. The third-order valence-electron chi connectivity index (χ3n) is 5.83. The Balaban J connectivity index is 1.41. The van der Waals surface area contributed by atoms with Gasteiger partial charge >= 0.3 is 0 Å². The van der Waals surface area contributed by atoms with E-state index >= 15 is 0 Å². The molecule has 1 aromatic carbocycles. The first kappa shape index (κ1) is 23.0. The van der Waals surface area contributed by atoms with Crippen molar-refractivity contribution in [1.29, 1.82) is 0 Å². The van der Waals surface area contributed by atoms with E-state index in [2.05, 4.69) is 15.6 Å². The van der Waals surface area contributed by atoms with Crippen molar-refractivity contribution in [3.63, 3.8) is 0 Å². The van der Waals surface area contributed by atoms with Crippen LogP contribution in [0.15, 0.2) is 42.6 Å². The number of hydrogen-bond donors (Lipinski definition) is 3. The first-order chi connectivity index (χ1) is 16.0. The van der Waals surface area contributed by atoms with Crippen LogP contribution in [-0.2, 0) is 9.59 Å². The van der Waals surface area contributed by atoms with Gasteiger partial charge in [0, 0.05) is 23.8 Å². The second kappa shape index (κ2) is 10.2. The Morgan fingerprint density at radius 2 is 2.03 bits per heavy atom. The van der Waals surface area contributed by atoms with Crippen molar-refractivity contribution in [3.8, 4) is 11.6 Å². The number of halogens is 1. The van der Waals surface area contributed by atoms with E-state index in [0.29, 0.717) is 30.2 Å². The normalized spacial score (nSPS) is 22.0. The number of aromatic nitrogens is 1. The zero-order valence-electron chi connectivity index (χ0n) is 18.0. The summed E-state index contributed by atoms with van der Waals surface area (Å²) in [6.07, 6.45) is 4.01. The van der Waals surface area contributed by atoms with Gasteiger partial charge in [-0.25, -0.2) is 4.98 Å². The molecule has 9 nitrogen and oxygen atoms in total. The largest absolute Gasteiger partial charge is 0.438 e. The Hall–Kier alpha value is -3.17. The fraction of sp³-hybridized carbons (Fsp3) is 0.391. The van der Waals surface area contributed by atoms with E-state index in [1.165, 1.54) is 6.20 Å². The third-order valence-corrected chi connectivity index (χ3v) is 6.08. The van der Waals surface area contributed by atoms with Crippen molar-refractivity contribution in [2.24, 2.45) is 5.73 Å². The molecule has 0 aliphatic carbocycles. The summed E-state index contributed by atoms with van der Waals surface area (Å²) in [6.45, 7) is 0.830. The van der Waals surface area contributed by atoms with Crippen molar-refractivity contribution in [1.82, 2.24) is 20.5 Å². The molecule has 2 aliphatic heterocycles. The lowest BCUT2D eigenvalue weighted by Crippen LogP contribution is -2.61. The molecule has 3 amide bonds. The van der Waals surface area contributed by atoms with Crippen LogP contribution in [0.5, 0.6) is 11.6 Å². The Morgan fingerprint density at radius 3 is 2.79 bits per heavy atom. The van der Waals surface area contributed by atoms with Crippen LogP contribution in [0.25, 0.3) is 0 Å². The molecule has 174 valence electrons. The second-order valence-electron chi connectivity index (χ2n) is 8.17. The highest BCUT2D eigenvalue weighted by molar-refractivity contribution is 6.30. The minimum atomic E-state index is -0.577. The Bertz CT molecular complexity index is 1030. The molecule has 2 saturated heterocycles. The molecular formula is C23H26ClN5O4. The van der Waals surface area contributed by atoms with E-state index in [9.17, 15) is 14.4 Å². The molecule has 4 N–H and O–H groups in total. The lowest BCUT2D eigenvalue weighted by Gasteiger charge is -2.34. The molecule has 2 fully saturated rings. The molecule has 1 aromatic heterocycles. The molecule has 3 heterocycles. The number of nitrogens with one attached hydrogen (secondary N) is 2. The second-order valence-corrected chi connectivity index (χ2v) is 8.61. The minimum absolute atomic E-state index is 0.110. The van der Waals surface area contributed by atoms with Crippen LogP contribution < -0.4 is 21.1 Å². The summed E-state index contributed by atoms with van der Waals surface area (Å²) in [6, 6.07) is 8.51. The van der Waals surface area contributed by atoms with Crippen LogP contribution in [0.4, 0.5) is 0 Å². The third kappa shape index (κ3) is 5.26. The van der Waals surface area contributed by atoms with Gasteiger partial charge in [0.2, 0.25) is 17.7 Å². The topological polar surface area (TPSA) is 127 Å². The molecule has 2 aromatic rings. The molecule has 33 heavy (non-hydrogen) atoms. The van der Waals surface area contributed by atoms with Crippen LogP contribution in [0, 0.1) is 0 Å². The van der Waals surface area contributed by atoms with E-state index in [1.807, 2.05) is 0 Å². The number of nitrogens with zero attached hydrogens (tertiary/aromatic N) is 2. The van der Waals surface area contributed by atoms with Crippen molar-refractivity contribution in [3.05, 3.63) is 53.2 Å². The molecular weight excluding hydrogens is 446 g/mol. The van der Waals surface area contributed by atoms with Gasteiger partial charge in [0.15, 0.2) is 0 Å². The molecule has 2 aliphatic rings. The number of carbonyl (C=O) groups is 3. The number of pyridine rings is 1. The van der Waals surface area contributed by atoms with Gasteiger partial charge < -0.3 is 26.0 Å². The molecule has 3 atom stereocenters. The Kier molecular flexibility index (Phi) is 7.10. The van der Waals surface area contributed by atoms with Gasteiger partial charge in [0.1, 0.15) is 23.4 Å². The highest BCUT2D eigenvalue weighted by Gasteiger charge is 2.46. The molecule has 0 bridgehead atoms. The van der Waals surface area contributed by atoms with Crippen molar-refractivity contribution in [2.45, 2.75) is 43.8 Å². The van der Waals surface area contributed by atoms with Gasteiger partial charge in [-0.2, -0.15) is 0 Å². The first-order valence-electron chi connectivity index (χ1n) is 11.0. The summed E-state index contributed by atoms with van der Waals surface area (Å²) in [4.78, 5) is 44.2. The number of nitrogens with two attached hydrogens (primary N) is 1. The van der Waals surface area contributed by atoms with Gasteiger partial charge in [-0.1, -0.05) is 11.6 Å². The number of ether oxygens (including phenoxy) is 1. The number of amides is 3. The first-order valence-corrected chi connectivity index (χ1v) is 11.3. The summed E-state index contributed by atoms with van der Waals surface area (Å²) in [7, 11) is 0. The number of fused-ring (bicyclic) bond motifs is 1. The van der Waals surface area contributed by atoms with E-state index in [4.69, 9.17) is 22.1 Å². The van der Waals surface area contributed by atoms with E-state index < -0.39 is 12.1 Å². The van der Waals surface area contributed by atoms with Crippen molar-refractivity contribution < 1.29 is 19.1 Å². The smallest absolute Gasteiger partial charge is 0.257 e. The predicted molar refractivity (Wildman–Crippen MR) is 122 cm³/mol. The zero-order valence-corrected chi connectivity index (χ0v) is 18.8. The van der Waals surface area contributed by atoms with Crippen LogP contribution in [0.3, 0.4) is 0 Å². The number of piperazine rings is 1. The van der Waals surface area contributed by atoms with E-state index in [1.54, 1.807) is 41.3 Å². The fourth-order valence-corrected chi connectivity index (χ4v) is 4.30. The molecule has 10 heteroatoms. The number of unbranched alkanes of at least 4 members (excludes halogenated alkanes) is 1. The maximum atomic E-state index is 13.0. The van der Waals surface area contributed by atoms with E-state index in [0.717, 1.165) is 12.8 Å². The number of hydrogen-bond acceptors (Lipinski definition) is 6. The molecule has 0 saturated carbocycles. The van der Waals surface area contributed by atoms with Crippen LogP contribution >= 0.6 is 11.6 Å². The zero-order chi connectivity index (χ0) is 23.4. The summed E-state index contributed by atoms with van der Waals surface area (Å²) in [5.74, 6) is -0.0297. The average molecular weight is 472 g/mol. The van der Waals surface area contributed by atoms with Crippen molar-refractivity contribution >= 4 is 29.3 Å².